The second-order valence-corrected chi connectivity index (χ2v) is 33.5. The zero-order valence-corrected chi connectivity index (χ0v) is 87.5. The van der Waals surface area contributed by atoms with Gasteiger partial charge in [0.2, 0.25) is 0 Å². The van der Waals surface area contributed by atoms with Gasteiger partial charge in [0, 0.05) is 72.5 Å². The van der Waals surface area contributed by atoms with E-state index in [9.17, 15) is 119 Å². The van der Waals surface area contributed by atoms with Gasteiger partial charge in [0.15, 0.2) is 0 Å². The molecule has 0 aromatic heterocycles. The third-order valence-corrected chi connectivity index (χ3v) is 16.1. The number of halogens is 4. The molecule has 0 amide bonds. The Balaban J connectivity index is -0.000000104. The molecule has 0 unspecified atom stereocenters. The number of rotatable bonds is 12. The van der Waals surface area contributed by atoms with Crippen LogP contribution >= 0.6 is 0 Å². The fraction of sp³-hybridized carbons (Fsp3) is 0.824. The zero-order valence-electron chi connectivity index (χ0n) is 73.8. The average molecular weight is 2410 g/mol. The monoisotopic (exact) mass is 2400 g/mol. The molecule has 0 aromatic carbocycles. The van der Waals surface area contributed by atoms with Gasteiger partial charge >= 0.3 is 150 Å². The van der Waals surface area contributed by atoms with E-state index in [1.807, 2.05) is 0 Å². The molecule has 12 fully saturated rings. The van der Waals surface area contributed by atoms with Gasteiger partial charge in [-0.05, 0) is 233 Å². The predicted octanol–water partition coefficient (Wildman–Crippen LogP) is -36.9. The molecule has 6 radical (unpaired) electrons. The molecule has 12 heterocycles. The molecule has 12 aliphatic rings. The molecule has 12 saturated heterocycles. The fourth-order valence-electron chi connectivity index (χ4n) is 10.6. The summed E-state index contributed by atoms with van der Waals surface area (Å²) < 4.78 is 138. The predicted molar refractivity (Wildman–Crippen MR) is 366 cm³/mol. The molecule has 133 heavy (non-hydrogen) atoms. The zero-order chi connectivity index (χ0) is 98.8. The van der Waals surface area contributed by atoms with Crippen molar-refractivity contribution in [1.29, 1.82) is 0 Å². The summed E-state index contributed by atoms with van der Waals surface area (Å²) in [6.45, 7) is 9.82. The van der Waals surface area contributed by atoms with Gasteiger partial charge in [0.25, 0.3) is 0 Å². The standard InChI is InChI=1S/12C5H9NO2.2C4H12N.Ba.4ClHO4.6Co/c12*7-5(8)4-2-1-3-6-4;2*1-5(2,3)4;;4*2-1(3,4)5;;;;;;/h12*4,6H,1-3H2,(H,7,8);2*1-4H3;;4*(H,2,3,4,5);;;;;;/q;;;;;;;;;;;;2*+1;+2;;;;;6*+2/p-16/t12*4-;;;;;;;;;;;;;/m000000000000............./s1. The van der Waals surface area contributed by atoms with Gasteiger partial charge in [-0.3, -0.25) is 0 Å². The van der Waals surface area contributed by atoms with E-state index in [1.54, 1.807) is 0 Å². The number of quaternary nitrogens is 2. The van der Waals surface area contributed by atoms with Crippen molar-refractivity contribution in [2.24, 2.45) is 0 Å². The van der Waals surface area contributed by atoms with Crippen molar-refractivity contribution in [2.75, 3.05) is 135 Å². The molecule has 54 nitrogen and oxygen atoms in total. The minimum atomic E-state index is -4.94. The van der Waals surface area contributed by atoms with Crippen molar-refractivity contribution in [3.05, 3.63) is 0 Å². The number of nitrogens with zero attached hydrogens (tertiary/aromatic N) is 2. The normalized spacial score (nSPS) is 23.1. The SMILES string of the molecule is C[N+](C)(C)C.C[N+](C)(C)C.O=C([O-])[C@@H]1CCCN1.O=C([O-])[C@@H]1CCCN1.O=C([O-])[C@@H]1CCCN1.O=C([O-])[C@@H]1CCCN1.O=C([O-])[C@@H]1CCCN1.O=C([O-])[C@@H]1CCCN1.O=C([O-])[C@@H]1CCCN1.O=C([O-])[C@@H]1CCCN1.O=C([O-])[C@@H]1CCCN1.O=C([O-])[C@@H]1CCCN1.O=C([O-])[C@@H]1CCCN1.O=C([O-])[C@@H]1CCCN1.[Ba+2].[Co+2].[Co+2].[Co+2].[Co+2].[Co+2].[Co+2].[O-][Cl+3]([O-])([O-])[O-].[O-][Cl+3]([O-])([O-])[O-].[O-][Cl+3]([O-])([O-])[O-].[O-][Cl+3]([O-])([O-])[O-]. The Bertz CT molecular complexity index is 2280. The molecular formula is C68H120BaCl4Co6N14O40. The average Bonchev–Trinajstić information content (AvgIpc) is 1.90. The first-order valence-electron chi connectivity index (χ1n) is 39.0. The molecular weight excluding hydrogens is 2290 g/mol. The second-order valence-electron chi connectivity index (χ2n) is 30.5. The largest absolute Gasteiger partial charge is 2.00 e. The minimum absolute atomic E-state index is 0. The van der Waals surface area contributed by atoms with Crippen LogP contribution in [0.3, 0.4) is 0 Å². The summed E-state index contributed by atoms with van der Waals surface area (Å²) in [5.74, 6) is -11.6. The van der Waals surface area contributed by atoms with Crippen LogP contribution in [-0.4, -0.2) is 337 Å². The van der Waals surface area contributed by atoms with Gasteiger partial charge in [0.05, 0.1) is 128 Å². The number of hydrogen-bond acceptors (Lipinski definition) is 52. The minimum Gasteiger partial charge on any atom is -0.548 e. The van der Waals surface area contributed by atoms with E-state index in [-0.39, 0.29) is 222 Å². The smallest absolute Gasteiger partial charge is 0.548 e. The maximum absolute atomic E-state index is 10.0. The van der Waals surface area contributed by atoms with Gasteiger partial charge in [-0.1, -0.05) is 0 Å². The van der Waals surface area contributed by atoms with E-state index in [0.29, 0.717) is 0 Å². The Kier molecular flexibility index (Phi) is 109. The van der Waals surface area contributed by atoms with E-state index in [0.717, 1.165) is 242 Å². The summed E-state index contributed by atoms with van der Waals surface area (Å²) in [5, 5.41) is 154. The number of carbonyl (C=O) groups excluding carboxylic acids is 12. The fourth-order valence-corrected chi connectivity index (χ4v) is 10.6. The van der Waals surface area contributed by atoms with Crippen LogP contribution in [0.1, 0.15) is 154 Å². The molecule has 0 spiro atoms. The van der Waals surface area contributed by atoms with Crippen LogP contribution in [-0.2, 0) is 158 Å². The van der Waals surface area contributed by atoms with Crippen LogP contribution in [0.4, 0.5) is 0 Å². The van der Waals surface area contributed by atoms with Crippen molar-refractivity contribution in [3.63, 3.8) is 0 Å². The molecule has 12 N–H and O–H groups in total. The Hall–Kier alpha value is -1.79. The summed E-state index contributed by atoms with van der Waals surface area (Å²) in [6.07, 6.45) is 20.2. The first-order chi connectivity index (χ1) is 57.7. The second kappa shape index (κ2) is 91.4. The van der Waals surface area contributed by atoms with Crippen molar-refractivity contribution >= 4 is 121 Å². The van der Waals surface area contributed by atoms with Gasteiger partial charge in [-0.2, -0.15) is 0 Å². The number of aliphatic carboxylic acids is 12. The van der Waals surface area contributed by atoms with E-state index in [4.69, 9.17) is 74.5 Å². The van der Waals surface area contributed by atoms with Crippen LogP contribution in [0, 0.1) is 41.0 Å². The van der Waals surface area contributed by atoms with Crippen LogP contribution in [0.5, 0.6) is 0 Å². The van der Waals surface area contributed by atoms with Gasteiger partial charge in [-0.15, -0.1) is 41.0 Å². The van der Waals surface area contributed by atoms with Crippen molar-refractivity contribution < 1.29 is 344 Å². The number of carbonyl (C=O) groups is 12. The molecule has 0 aliphatic carbocycles. The Morgan fingerprint density at radius 1 is 0.173 bits per heavy atom. The molecule has 786 valence electrons. The van der Waals surface area contributed by atoms with Gasteiger partial charge in [0.1, 0.15) is 0 Å². The molecule has 12 rings (SSSR count). The molecule has 0 saturated carbocycles. The molecule has 12 atom stereocenters. The van der Waals surface area contributed by atoms with Crippen LogP contribution in [0.2, 0.25) is 0 Å². The van der Waals surface area contributed by atoms with Crippen LogP contribution < -0.4 is 200 Å². The molecule has 12 aliphatic heterocycles. The van der Waals surface area contributed by atoms with Gasteiger partial charge < -0.3 is 192 Å². The summed E-state index contributed by atoms with van der Waals surface area (Å²) >= 11 is 0. The first kappa shape index (κ1) is 159. The van der Waals surface area contributed by atoms with Crippen molar-refractivity contribution in [1.82, 2.24) is 63.8 Å². The van der Waals surface area contributed by atoms with Crippen molar-refractivity contribution in [3.8, 4) is 0 Å². The number of carboxylic acids is 12. The summed E-state index contributed by atoms with van der Waals surface area (Å²) in [5.41, 5.74) is 0. The third kappa shape index (κ3) is 126. The maximum Gasteiger partial charge on any atom is 2.00 e. The van der Waals surface area contributed by atoms with E-state index in [2.05, 4.69) is 120 Å². The van der Waals surface area contributed by atoms with Crippen molar-refractivity contribution in [2.45, 2.75) is 227 Å². The molecule has 0 aromatic rings. The molecule has 65 heteroatoms. The molecule has 0 bridgehead atoms. The van der Waals surface area contributed by atoms with E-state index >= 15 is 0 Å². The first-order valence-corrected chi connectivity index (χ1v) is 44.0. The number of nitrogens with one attached hydrogen (secondary N) is 12. The topological polar surface area (TPSA) is 995 Å². The Morgan fingerprint density at radius 3 is 0.233 bits per heavy atom. The van der Waals surface area contributed by atoms with E-state index in [1.165, 1.54) is 0 Å². The van der Waals surface area contributed by atoms with Crippen LogP contribution in [0.25, 0.3) is 0 Å². The van der Waals surface area contributed by atoms with Gasteiger partial charge in [-0.25, -0.2) is 74.5 Å². The summed E-state index contributed by atoms with van der Waals surface area (Å²) in [7, 11) is -2.78. The third-order valence-electron chi connectivity index (χ3n) is 16.1. The number of carboxylic acid groups (broad SMARTS) is 12. The Morgan fingerprint density at radius 2 is 0.218 bits per heavy atom. The van der Waals surface area contributed by atoms with Crippen LogP contribution in [0.15, 0.2) is 0 Å². The quantitative estimate of drug-likeness (QED) is 0.0638. The van der Waals surface area contributed by atoms with E-state index < -0.39 is 113 Å². The number of hydrogen-bond donors (Lipinski definition) is 12. The summed E-state index contributed by atoms with van der Waals surface area (Å²) in [6, 6.07) is -4.56. The maximum atomic E-state index is 10.0. The Labute approximate surface area is 881 Å². The summed E-state index contributed by atoms with van der Waals surface area (Å²) in [4.78, 5) is 120.